The second kappa shape index (κ2) is 6.63. The minimum atomic E-state index is -0.627. The fraction of sp³-hybridized carbons (Fsp3) is 0.250. The van der Waals surface area contributed by atoms with E-state index in [0.29, 0.717) is 29.5 Å². The summed E-state index contributed by atoms with van der Waals surface area (Å²) in [7, 11) is 0. The first kappa shape index (κ1) is 15.4. The van der Waals surface area contributed by atoms with Crippen LogP contribution in [0.15, 0.2) is 24.3 Å². The van der Waals surface area contributed by atoms with E-state index in [9.17, 15) is 13.6 Å². The molecule has 0 atom stereocenters. The van der Waals surface area contributed by atoms with E-state index in [1.807, 2.05) is 0 Å². The number of fused-ring (bicyclic) bond motifs is 1. The third kappa shape index (κ3) is 3.76. The molecule has 1 N–H and O–H groups in total. The van der Waals surface area contributed by atoms with Crippen molar-refractivity contribution in [2.24, 2.45) is 0 Å². The second-order valence-electron chi connectivity index (χ2n) is 4.65. The van der Waals surface area contributed by atoms with Crippen molar-refractivity contribution in [2.45, 2.75) is 13.5 Å². The molecule has 0 heterocycles. The summed E-state index contributed by atoms with van der Waals surface area (Å²) in [6.45, 7) is 6.32. The molecule has 0 saturated heterocycles. The highest BCUT2D eigenvalue weighted by Gasteiger charge is 2.08. The van der Waals surface area contributed by atoms with Crippen molar-refractivity contribution in [3.63, 3.8) is 0 Å². The average molecular weight is 292 g/mol. The standard InChI is InChI=1S/C16H16F2NO2/c1-3-21-16(20)9-19-8-11-4-10(2)13-6-12(17)7-15(18)14(13)5-11/h4-7,19H,2-3,8-9H2,1H3. The molecule has 0 aliphatic heterocycles. The molecule has 0 saturated carbocycles. The monoisotopic (exact) mass is 292 g/mol. The first-order valence-corrected chi connectivity index (χ1v) is 6.61. The van der Waals surface area contributed by atoms with E-state index < -0.39 is 11.6 Å². The number of ether oxygens (including phenoxy) is 1. The summed E-state index contributed by atoms with van der Waals surface area (Å²) >= 11 is 0. The van der Waals surface area contributed by atoms with Gasteiger partial charge in [0, 0.05) is 18.0 Å². The molecular weight excluding hydrogens is 276 g/mol. The molecule has 0 fully saturated rings. The van der Waals surface area contributed by atoms with Crippen LogP contribution in [-0.4, -0.2) is 19.1 Å². The molecule has 0 aliphatic rings. The lowest BCUT2D eigenvalue weighted by atomic mass is 10.0. The van der Waals surface area contributed by atoms with Crippen LogP contribution in [0.2, 0.25) is 0 Å². The van der Waals surface area contributed by atoms with Gasteiger partial charge in [0.15, 0.2) is 0 Å². The summed E-state index contributed by atoms with van der Waals surface area (Å²) in [5.41, 5.74) is 1.31. The van der Waals surface area contributed by atoms with Gasteiger partial charge in [-0.15, -0.1) is 0 Å². The third-order valence-corrected chi connectivity index (χ3v) is 3.03. The second-order valence-corrected chi connectivity index (χ2v) is 4.65. The number of nitrogens with one attached hydrogen (secondary N) is 1. The van der Waals surface area contributed by atoms with E-state index in [0.717, 1.165) is 11.6 Å². The lowest BCUT2D eigenvalue weighted by Gasteiger charge is -2.09. The predicted octanol–water partition coefficient (Wildman–Crippen LogP) is 2.95. The van der Waals surface area contributed by atoms with Crippen molar-refractivity contribution >= 4 is 16.7 Å². The van der Waals surface area contributed by atoms with Gasteiger partial charge in [-0.2, -0.15) is 0 Å². The molecule has 1 radical (unpaired) electrons. The fourth-order valence-corrected chi connectivity index (χ4v) is 2.15. The molecule has 0 spiro atoms. The van der Waals surface area contributed by atoms with Crippen molar-refractivity contribution < 1.29 is 18.3 Å². The highest BCUT2D eigenvalue weighted by Crippen LogP contribution is 2.24. The van der Waals surface area contributed by atoms with E-state index in [4.69, 9.17) is 4.74 Å². The zero-order valence-corrected chi connectivity index (χ0v) is 11.7. The van der Waals surface area contributed by atoms with Gasteiger partial charge in [-0.1, -0.05) is 6.07 Å². The maximum Gasteiger partial charge on any atom is 0.319 e. The number of hydrogen-bond donors (Lipinski definition) is 1. The van der Waals surface area contributed by atoms with Crippen LogP contribution in [0.1, 0.15) is 18.1 Å². The Morgan fingerprint density at radius 1 is 1.24 bits per heavy atom. The van der Waals surface area contributed by atoms with Crippen molar-refractivity contribution in [1.82, 2.24) is 5.32 Å². The van der Waals surface area contributed by atoms with E-state index in [2.05, 4.69) is 12.2 Å². The van der Waals surface area contributed by atoms with E-state index in [-0.39, 0.29) is 12.5 Å². The molecule has 2 rings (SSSR count). The van der Waals surface area contributed by atoms with E-state index in [1.54, 1.807) is 19.1 Å². The van der Waals surface area contributed by atoms with Crippen molar-refractivity contribution in [2.75, 3.05) is 13.2 Å². The number of benzene rings is 2. The van der Waals surface area contributed by atoms with Gasteiger partial charge in [0.2, 0.25) is 0 Å². The third-order valence-electron chi connectivity index (χ3n) is 3.03. The molecule has 21 heavy (non-hydrogen) atoms. The predicted molar refractivity (Wildman–Crippen MR) is 76.7 cm³/mol. The largest absolute Gasteiger partial charge is 0.465 e. The Labute approximate surface area is 121 Å². The summed E-state index contributed by atoms with van der Waals surface area (Å²) in [4.78, 5) is 11.2. The van der Waals surface area contributed by atoms with Crippen LogP contribution in [0.4, 0.5) is 8.78 Å². The van der Waals surface area contributed by atoms with Gasteiger partial charge < -0.3 is 10.1 Å². The molecule has 5 heteroatoms. The van der Waals surface area contributed by atoms with Gasteiger partial charge in [-0.25, -0.2) is 8.78 Å². The van der Waals surface area contributed by atoms with Crippen molar-refractivity contribution in [3.05, 3.63) is 54.0 Å². The summed E-state index contributed by atoms with van der Waals surface area (Å²) in [5, 5.41) is 3.67. The minimum absolute atomic E-state index is 0.0737. The van der Waals surface area contributed by atoms with Crippen LogP contribution in [0.25, 0.3) is 10.8 Å². The van der Waals surface area contributed by atoms with Crippen LogP contribution in [0, 0.1) is 18.6 Å². The number of carbonyl (C=O) groups is 1. The SMILES string of the molecule is [CH2]c1cc(CNCC(=O)OCC)cc2c(F)cc(F)cc12. The molecule has 2 aromatic carbocycles. The molecule has 0 aliphatic carbocycles. The zero-order valence-electron chi connectivity index (χ0n) is 11.7. The molecule has 0 bridgehead atoms. The normalized spacial score (nSPS) is 10.9. The molecule has 0 amide bonds. The highest BCUT2D eigenvalue weighted by atomic mass is 19.1. The van der Waals surface area contributed by atoms with Gasteiger partial charge in [-0.3, -0.25) is 4.79 Å². The smallest absolute Gasteiger partial charge is 0.319 e. The Hall–Kier alpha value is -2.01. The van der Waals surface area contributed by atoms with Crippen molar-refractivity contribution in [1.29, 1.82) is 0 Å². The molecule has 3 nitrogen and oxygen atoms in total. The Morgan fingerprint density at radius 2 is 2.00 bits per heavy atom. The minimum Gasteiger partial charge on any atom is -0.465 e. The van der Waals surface area contributed by atoms with Gasteiger partial charge in [0.1, 0.15) is 11.6 Å². The molecule has 2 aromatic rings. The number of esters is 1. The molecular formula is C16H16F2NO2. The van der Waals surface area contributed by atoms with Crippen LogP contribution in [-0.2, 0) is 16.1 Å². The Kier molecular flexibility index (Phi) is 4.85. The summed E-state index contributed by atoms with van der Waals surface area (Å²) in [6.07, 6.45) is 0. The van der Waals surface area contributed by atoms with Gasteiger partial charge in [0.25, 0.3) is 0 Å². The molecule has 0 aromatic heterocycles. The number of rotatable bonds is 5. The van der Waals surface area contributed by atoms with Gasteiger partial charge in [-0.05, 0) is 42.5 Å². The van der Waals surface area contributed by atoms with E-state index in [1.165, 1.54) is 6.07 Å². The van der Waals surface area contributed by atoms with E-state index >= 15 is 0 Å². The maximum absolute atomic E-state index is 13.8. The Balaban J connectivity index is 2.17. The number of halogens is 2. The van der Waals surface area contributed by atoms with Gasteiger partial charge >= 0.3 is 5.97 Å². The van der Waals surface area contributed by atoms with Crippen LogP contribution in [0.3, 0.4) is 0 Å². The topological polar surface area (TPSA) is 38.3 Å². The maximum atomic E-state index is 13.8. The summed E-state index contributed by atoms with van der Waals surface area (Å²) < 4.78 is 31.8. The van der Waals surface area contributed by atoms with Crippen LogP contribution >= 0.6 is 0 Å². The zero-order chi connectivity index (χ0) is 15.4. The Bertz CT molecular complexity index is 671. The van der Waals surface area contributed by atoms with Crippen molar-refractivity contribution in [3.8, 4) is 0 Å². The first-order valence-electron chi connectivity index (χ1n) is 6.61. The molecule has 111 valence electrons. The van der Waals surface area contributed by atoms with Crippen LogP contribution in [0.5, 0.6) is 0 Å². The Morgan fingerprint density at radius 3 is 2.71 bits per heavy atom. The van der Waals surface area contributed by atoms with Gasteiger partial charge in [0.05, 0.1) is 13.2 Å². The number of carbonyl (C=O) groups excluding carboxylic acids is 1. The quantitative estimate of drug-likeness (QED) is 0.861. The lowest BCUT2D eigenvalue weighted by Crippen LogP contribution is -2.24. The van der Waals surface area contributed by atoms with Crippen LogP contribution < -0.4 is 5.32 Å². The number of hydrogen-bond acceptors (Lipinski definition) is 3. The summed E-state index contributed by atoms with van der Waals surface area (Å²) in [6, 6.07) is 5.46. The fourth-order valence-electron chi connectivity index (χ4n) is 2.15. The lowest BCUT2D eigenvalue weighted by molar-refractivity contribution is -0.142. The average Bonchev–Trinajstić information content (AvgIpc) is 2.40. The first-order chi connectivity index (χ1) is 10.0. The molecule has 0 unspecified atom stereocenters. The summed E-state index contributed by atoms with van der Waals surface area (Å²) in [5.74, 6) is -1.60. The highest BCUT2D eigenvalue weighted by molar-refractivity contribution is 5.87.